The maximum Gasteiger partial charge on any atom is 0.337 e. The summed E-state index contributed by atoms with van der Waals surface area (Å²) in [5.41, 5.74) is 0.351. The van der Waals surface area contributed by atoms with Crippen LogP contribution in [0.1, 0.15) is 29.6 Å². The molecule has 0 spiro atoms. The van der Waals surface area contributed by atoms with Crippen molar-refractivity contribution in [3.8, 4) is 0 Å². The van der Waals surface area contributed by atoms with Gasteiger partial charge in [-0.3, -0.25) is 4.79 Å². The van der Waals surface area contributed by atoms with Crippen LogP contribution < -0.4 is 10.6 Å². The maximum atomic E-state index is 12.1. The molecule has 0 radical (unpaired) electrons. The number of esters is 1. The predicted molar refractivity (Wildman–Crippen MR) is 89.7 cm³/mol. The zero-order chi connectivity index (χ0) is 17.7. The van der Waals surface area contributed by atoms with Gasteiger partial charge in [0.05, 0.1) is 17.6 Å². The minimum Gasteiger partial charge on any atom is -0.465 e. The van der Waals surface area contributed by atoms with E-state index in [4.69, 9.17) is 0 Å². The monoisotopic (exact) mass is 354 g/mol. The smallest absolute Gasteiger partial charge is 0.337 e. The predicted octanol–water partition coefficient (Wildman–Crippen LogP) is 1.20. The number of methoxy groups -OCH3 is 1. The van der Waals surface area contributed by atoms with Crippen molar-refractivity contribution in [3.05, 3.63) is 23.8 Å². The van der Waals surface area contributed by atoms with E-state index in [0.717, 1.165) is 32.2 Å². The summed E-state index contributed by atoms with van der Waals surface area (Å²) in [5, 5.41) is 5.91. The number of carbonyl (C=O) groups excluding carboxylic acids is 2. The fraction of sp³-hybridized carbons (Fsp3) is 0.500. The second kappa shape index (κ2) is 7.76. The molecule has 7 nitrogen and oxygen atoms in total. The first-order valence-electron chi connectivity index (χ1n) is 7.73. The Bertz CT molecular complexity index is 724. The zero-order valence-electron chi connectivity index (χ0n) is 13.8. The van der Waals surface area contributed by atoms with Crippen LogP contribution in [0, 0.1) is 5.92 Å². The van der Waals surface area contributed by atoms with E-state index in [1.54, 1.807) is 0 Å². The molecule has 1 heterocycles. The van der Waals surface area contributed by atoms with E-state index in [0.29, 0.717) is 12.3 Å². The minimum absolute atomic E-state index is 0.0410. The summed E-state index contributed by atoms with van der Waals surface area (Å²) in [7, 11) is -2.31. The van der Waals surface area contributed by atoms with Crippen LogP contribution in [0.25, 0.3) is 0 Å². The summed E-state index contributed by atoms with van der Waals surface area (Å²) in [6.45, 7) is 1.90. The highest BCUT2D eigenvalue weighted by Crippen LogP contribution is 2.21. The molecule has 1 unspecified atom stereocenters. The summed E-state index contributed by atoms with van der Waals surface area (Å²) < 4.78 is 28.1. The Morgan fingerprint density at radius 1 is 1.33 bits per heavy atom. The van der Waals surface area contributed by atoms with Crippen LogP contribution in [0.4, 0.5) is 5.69 Å². The number of hydrogen-bond acceptors (Lipinski definition) is 6. The summed E-state index contributed by atoms with van der Waals surface area (Å²) >= 11 is 0. The van der Waals surface area contributed by atoms with Crippen molar-refractivity contribution in [1.82, 2.24) is 5.32 Å². The summed E-state index contributed by atoms with van der Waals surface area (Å²) in [5.74, 6) is -0.375. The molecule has 24 heavy (non-hydrogen) atoms. The first-order chi connectivity index (χ1) is 11.3. The standard InChI is InChI=1S/C16H22N2O5S/c1-23-16(20)12-7-13(9-14(8-12)24(2,21)22)18-15(19)4-3-11-5-6-17-10-11/h7-9,11,17H,3-6,10H2,1-2H3,(H,18,19). The van der Waals surface area contributed by atoms with Crippen molar-refractivity contribution in [2.75, 3.05) is 31.8 Å². The lowest BCUT2D eigenvalue weighted by Gasteiger charge is -2.11. The van der Waals surface area contributed by atoms with Gasteiger partial charge in [0.2, 0.25) is 5.91 Å². The quantitative estimate of drug-likeness (QED) is 0.745. The first kappa shape index (κ1) is 18.4. The average Bonchev–Trinajstić information content (AvgIpc) is 3.04. The van der Waals surface area contributed by atoms with Gasteiger partial charge in [-0.1, -0.05) is 0 Å². The molecule has 0 bridgehead atoms. The Balaban J connectivity index is 2.12. The van der Waals surface area contributed by atoms with Crippen molar-refractivity contribution < 1.29 is 22.7 Å². The van der Waals surface area contributed by atoms with Gasteiger partial charge in [0.15, 0.2) is 9.84 Å². The highest BCUT2D eigenvalue weighted by Gasteiger charge is 2.18. The third kappa shape index (κ3) is 5.04. The lowest BCUT2D eigenvalue weighted by Crippen LogP contribution is -2.16. The Morgan fingerprint density at radius 3 is 2.67 bits per heavy atom. The molecule has 0 aromatic heterocycles. The van der Waals surface area contributed by atoms with E-state index in [9.17, 15) is 18.0 Å². The van der Waals surface area contributed by atoms with Crippen LogP contribution in [0.3, 0.4) is 0 Å². The molecular formula is C16H22N2O5S. The normalized spacial score (nSPS) is 17.5. The van der Waals surface area contributed by atoms with E-state index in [1.807, 2.05) is 0 Å². The van der Waals surface area contributed by atoms with Gasteiger partial charge in [0.25, 0.3) is 0 Å². The number of ether oxygens (including phenoxy) is 1. The molecule has 2 N–H and O–H groups in total. The molecule has 1 amide bonds. The third-order valence-electron chi connectivity index (χ3n) is 3.98. The van der Waals surface area contributed by atoms with Gasteiger partial charge in [-0.2, -0.15) is 0 Å². The van der Waals surface area contributed by atoms with Crippen molar-refractivity contribution >= 4 is 27.4 Å². The van der Waals surface area contributed by atoms with Crippen LogP contribution in [0.5, 0.6) is 0 Å². The Hall–Kier alpha value is -1.93. The van der Waals surface area contributed by atoms with Crippen LogP contribution in [0.15, 0.2) is 23.1 Å². The van der Waals surface area contributed by atoms with Gasteiger partial charge in [0.1, 0.15) is 0 Å². The average molecular weight is 354 g/mol. The largest absolute Gasteiger partial charge is 0.465 e. The second-order valence-corrected chi connectivity index (χ2v) is 7.97. The highest BCUT2D eigenvalue weighted by atomic mass is 32.2. The van der Waals surface area contributed by atoms with Gasteiger partial charge in [-0.05, 0) is 50.0 Å². The lowest BCUT2D eigenvalue weighted by molar-refractivity contribution is -0.116. The summed E-state index contributed by atoms with van der Waals surface area (Å²) in [6, 6.07) is 3.99. The first-order valence-corrected chi connectivity index (χ1v) is 9.63. The molecule has 8 heteroatoms. The molecule has 2 rings (SSSR count). The van der Waals surface area contributed by atoms with Crippen molar-refractivity contribution in [2.45, 2.75) is 24.2 Å². The number of hydrogen-bond donors (Lipinski definition) is 2. The van der Waals surface area contributed by atoms with Gasteiger partial charge in [0, 0.05) is 18.4 Å². The van der Waals surface area contributed by atoms with Crippen LogP contribution in [0.2, 0.25) is 0 Å². The number of amides is 1. The molecule has 1 aliphatic heterocycles. The van der Waals surface area contributed by atoms with E-state index in [-0.39, 0.29) is 22.1 Å². The Labute approximate surface area is 141 Å². The molecule has 1 aromatic rings. The minimum atomic E-state index is -3.52. The molecular weight excluding hydrogens is 332 g/mol. The third-order valence-corrected chi connectivity index (χ3v) is 5.07. The van der Waals surface area contributed by atoms with Crippen LogP contribution >= 0.6 is 0 Å². The molecule has 0 saturated carbocycles. The van der Waals surface area contributed by atoms with Gasteiger partial charge in [-0.25, -0.2) is 13.2 Å². The Kier molecular flexibility index (Phi) is 5.95. The van der Waals surface area contributed by atoms with E-state index >= 15 is 0 Å². The van der Waals surface area contributed by atoms with Crippen LogP contribution in [-0.4, -0.2) is 46.7 Å². The number of anilines is 1. The molecule has 0 aliphatic carbocycles. The SMILES string of the molecule is COC(=O)c1cc(NC(=O)CCC2CCNC2)cc(S(C)(=O)=O)c1. The number of rotatable bonds is 6. The topological polar surface area (TPSA) is 102 Å². The number of nitrogens with one attached hydrogen (secondary N) is 2. The van der Waals surface area contributed by atoms with E-state index in [2.05, 4.69) is 15.4 Å². The molecule has 1 fully saturated rings. The van der Waals surface area contributed by atoms with E-state index in [1.165, 1.54) is 25.3 Å². The van der Waals surface area contributed by atoms with Gasteiger partial charge < -0.3 is 15.4 Å². The van der Waals surface area contributed by atoms with Crippen LogP contribution in [-0.2, 0) is 19.4 Å². The number of carbonyl (C=O) groups is 2. The second-order valence-electron chi connectivity index (χ2n) is 5.96. The maximum absolute atomic E-state index is 12.1. The highest BCUT2D eigenvalue weighted by molar-refractivity contribution is 7.90. The van der Waals surface area contributed by atoms with Gasteiger partial charge in [-0.15, -0.1) is 0 Å². The molecule has 1 saturated heterocycles. The fourth-order valence-electron chi connectivity index (χ4n) is 2.64. The van der Waals surface area contributed by atoms with Crippen molar-refractivity contribution in [1.29, 1.82) is 0 Å². The van der Waals surface area contributed by atoms with Gasteiger partial charge >= 0.3 is 5.97 Å². The van der Waals surface area contributed by atoms with E-state index < -0.39 is 15.8 Å². The van der Waals surface area contributed by atoms with Crippen molar-refractivity contribution in [2.24, 2.45) is 5.92 Å². The summed E-state index contributed by atoms with van der Waals surface area (Å²) in [6.07, 6.45) is 3.23. The van der Waals surface area contributed by atoms with Crippen molar-refractivity contribution in [3.63, 3.8) is 0 Å². The fourth-order valence-corrected chi connectivity index (χ4v) is 3.32. The molecule has 1 aromatic carbocycles. The number of benzene rings is 1. The molecule has 1 atom stereocenters. The zero-order valence-corrected chi connectivity index (χ0v) is 14.6. The Morgan fingerprint density at radius 2 is 2.08 bits per heavy atom. The molecule has 132 valence electrons. The molecule has 1 aliphatic rings. The lowest BCUT2D eigenvalue weighted by atomic mass is 10.0. The number of sulfone groups is 1. The summed E-state index contributed by atoms with van der Waals surface area (Å²) in [4.78, 5) is 23.7.